The number of rotatable bonds is 2. The van der Waals surface area contributed by atoms with Crippen molar-refractivity contribution in [3.8, 4) is 0 Å². The molecule has 2 aromatic carbocycles. The molecular weight excluding hydrogens is 282 g/mol. The standard InChI is InChI=1S/C16H15N3OS/c1-9-3-6-13-14(7-9)21-16(18-13)19-15(20)11-5-4-10(2)12(17)8-11/h3-8H,17H2,1-2H3,(H,18,19,20). The number of benzene rings is 2. The molecule has 0 fully saturated rings. The zero-order valence-electron chi connectivity index (χ0n) is 11.8. The first-order valence-corrected chi connectivity index (χ1v) is 7.39. The number of hydrogen-bond acceptors (Lipinski definition) is 4. The topological polar surface area (TPSA) is 68.0 Å². The highest BCUT2D eigenvalue weighted by molar-refractivity contribution is 7.22. The van der Waals surface area contributed by atoms with Crippen molar-refractivity contribution in [2.45, 2.75) is 13.8 Å². The van der Waals surface area contributed by atoms with Gasteiger partial charge in [0.15, 0.2) is 5.13 Å². The van der Waals surface area contributed by atoms with Gasteiger partial charge in [-0.2, -0.15) is 0 Å². The molecule has 0 aliphatic heterocycles. The van der Waals surface area contributed by atoms with E-state index in [1.54, 1.807) is 12.1 Å². The fraction of sp³-hybridized carbons (Fsp3) is 0.125. The molecule has 5 heteroatoms. The van der Waals surface area contributed by atoms with E-state index in [1.807, 2.05) is 32.0 Å². The molecule has 21 heavy (non-hydrogen) atoms. The molecule has 1 amide bonds. The molecule has 4 nitrogen and oxygen atoms in total. The second kappa shape index (κ2) is 5.18. The van der Waals surface area contributed by atoms with Crippen molar-refractivity contribution in [3.63, 3.8) is 0 Å². The number of nitrogens with one attached hydrogen (secondary N) is 1. The van der Waals surface area contributed by atoms with Gasteiger partial charge in [0.25, 0.3) is 5.91 Å². The maximum atomic E-state index is 12.2. The molecule has 106 valence electrons. The summed E-state index contributed by atoms with van der Waals surface area (Å²) in [5.74, 6) is -0.197. The summed E-state index contributed by atoms with van der Waals surface area (Å²) in [6, 6.07) is 11.3. The summed E-state index contributed by atoms with van der Waals surface area (Å²) < 4.78 is 1.06. The van der Waals surface area contributed by atoms with E-state index in [9.17, 15) is 4.79 Å². The average molecular weight is 297 g/mol. The van der Waals surface area contributed by atoms with E-state index in [2.05, 4.69) is 16.4 Å². The molecule has 1 heterocycles. The first-order chi connectivity index (χ1) is 10.0. The fourth-order valence-corrected chi connectivity index (χ4v) is 3.00. The van der Waals surface area contributed by atoms with Gasteiger partial charge >= 0.3 is 0 Å². The van der Waals surface area contributed by atoms with Crippen LogP contribution in [0.2, 0.25) is 0 Å². The van der Waals surface area contributed by atoms with Gasteiger partial charge in [-0.25, -0.2) is 4.98 Å². The lowest BCUT2D eigenvalue weighted by Gasteiger charge is -2.04. The first kappa shape index (κ1) is 13.6. The van der Waals surface area contributed by atoms with Gasteiger partial charge in [0.05, 0.1) is 10.2 Å². The second-order valence-electron chi connectivity index (χ2n) is 5.02. The van der Waals surface area contributed by atoms with Gasteiger partial charge in [0.2, 0.25) is 0 Å². The molecule has 0 atom stereocenters. The van der Waals surface area contributed by atoms with Crippen LogP contribution in [-0.4, -0.2) is 10.9 Å². The number of nitrogens with two attached hydrogens (primary N) is 1. The van der Waals surface area contributed by atoms with Crippen LogP contribution in [0.1, 0.15) is 21.5 Å². The number of aryl methyl sites for hydroxylation is 2. The van der Waals surface area contributed by atoms with Crippen LogP contribution in [0.25, 0.3) is 10.2 Å². The van der Waals surface area contributed by atoms with Gasteiger partial charge in [-0.3, -0.25) is 10.1 Å². The SMILES string of the molecule is Cc1ccc2nc(NC(=O)c3ccc(C)c(N)c3)sc2c1. The Bertz CT molecular complexity index is 839. The quantitative estimate of drug-likeness (QED) is 0.708. The Morgan fingerprint density at radius 1 is 1.19 bits per heavy atom. The summed E-state index contributed by atoms with van der Waals surface area (Å²) >= 11 is 1.47. The number of carbonyl (C=O) groups is 1. The van der Waals surface area contributed by atoms with Crippen LogP contribution in [0.15, 0.2) is 36.4 Å². The summed E-state index contributed by atoms with van der Waals surface area (Å²) in [4.78, 5) is 16.6. The zero-order chi connectivity index (χ0) is 15.0. The third-order valence-corrected chi connectivity index (χ3v) is 4.24. The highest BCUT2D eigenvalue weighted by atomic mass is 32.1. The molecule has 0 spiro atoms. The van der Waals surface area contributed by atoms with Gasteiger partial charge in [-0.1, -0.05) is 23.5 Å². The molecule has 0 saturated heterocycles. The minimum Gasteiger partial charge on any atom is -0.398 e. The molecule has 1 aromatic heterocycles. The van der Waals surface area contributed by atoms with Crippen molar-refractivity contribution >= 4 is 38.3 Å². The van der Waals surface area contributed by atoms with Crippen molar-refractivity contribution in [2.75, 3.05) is 11.1 Å². The van der Waals surface area contributed by atoms with E-state index in [0.717, 1.165) is 15.8 Å². The van der Waals surface area contributed by atoms with E-state index in [0.29, 0.717) is 16.4 Å². The number of carbonyl (C=O) groups excluding carboxylic acids is 1. The fourth-order valence-electron chi connectivity index (χ4n) is 2.04. The number of fused-ring (bicyclic) bond motifs is 1. The first-order valence-electron chi connectivity index (χ1n) is 6.57. The van der Waals surface area contributed by atoms with Crippen molar-refractivity contribution in [1.82, 2.24) is 4.98 Å². The lowest BCUT2D eigenvalue weighted by Crippen LogP contribution is -2.12. The summed E-state index contributed by atoms with van der Waals surface area (Å²) in [7, 11) is 0. The van der Waals surface area contributed by atoms with Crippen LogP contribution in [-0.2, 0) is 0 Å². The smallest absolute Gasteiger partial charge is 0.257 e. The van der Waals surface area contributed by atoms with Gasteiger partial charge < -0.3 is 5.73 Å². The van der Waals surface area contributed by atoms with Crippen LogP contribution >= 0.6 is 11.3 Å². The molecule has 0 radical (unpaired) electrons. The summed E-state index contributed by atoms with van der Waals surface area (Å²) in [6.45, 7) is 3.94. The van der Waals surface area contributed by atoms with Crippen LogP contribution in [0, 0.1) is 13.8 Å². The van der Waals surface area contributed by atoms with Crippen LogP contribution < -0.4 is 11.1 Å². The second-order valence-corrected chi connectivity index (χ2v) is 6.05. The van der Waals surface area contributed by atoms with Gasteiger partial charge in [-0.15, -0.1) is 0 Å². The Balaban J connectivity index is 1.87. The monoisotopic (exact) mass is 297 g/mol. The van der Waals surface area contributed by atoms with Crippen molar-refractivity contribution < 1.29 is 4.79 Å². The normalized spacial score (nSPS) is 10.8. The Kier molecular flexibility index (Phi) is 3.35. The minimum atomic E-state index is -0.197. The molecular formula is C16H15N3OS. The van der Waals surface area contributed by atoms with E-state index in [1.165, 1.54) is 16.9 Å². The molecule has 3 N–H and O–H groups in total. The molecule has 3 aromatic rings. The number of anilines is 2. The lowest BCUT2D eigenvalue weighted by atomic mass is 10.1. The Morgan fingerprint density at radius 3 is 2.76 bits per heavy atom. The van der Waals surface area contributed by atoms with Crippen molar-refractivity contribution in [2.24, 2.45) is 0 Å². The maximum absolute atomic E-state index is 12.2. The van der Waals surface area contributed by atoms with Crippen molar-refractivity contribution in [3.05, 3.63) is 53.1 Å². The third kappa shape index (κ3) is 2.73. The Labute approximate surface area is 126 Å². The summed E-state index contributed by atoms with van der Waals surface area (Å²) in [5.41, 5.74) is 10.0. The Morgan fingerprint density at radius 2 is 2.00 bits per heavy atom. The minimum absolute atomic E-state index is 0.197. The predicted octanol–water partition coefficient (Wildman–Crippen LogP) is 3.75. The number of amides is 1. The molecule has 0 aliphatic carbocycles. The maximum Gasteiger partial charge on any atom is 0.257 e. The van der Waals surface area contributed by atoms with Crippen LogP contribution in [0.4, 0.5) is 10.8 Å². The van der Waals surface area contributed by atoms with Gasteiger partial charge in [0.1, 0.15) is 0 Å². The number of nitrogens with zero attached hydrogens (tertiary/aromatic N) is 1. The van der Waals surface area contributed by atoms with Crippen LogP contribution in [0.3, 0.4) is 0 Å². The largest absolute Gasteiger partial charge is 0.398 e. The zero-order valence-corrected chi connectivity index (χ0v) is 12.6. The van der Waals surface area contributed by atoms with E-state index >= 15 is 0 Å². The third-order valence-electron chi connectivity index (χ3n) is 3.31. The molecule has 3 rings (SSSR count). The molecule has 0 unspecified atom stereocenters. The molecule has 0 bridgehead atoms. The highest BCUT2D eigenvalue weighted by Gasteiger charge is 2.10. The molecule has 0 aliphatic rings. The summed E-state index contributed by atoms with van der Waals surface area (Å²) in [5, 5.41) is 3.42. The predicted molar refractivity (Wildman–Crippen MR) is 87.9 cm³/mol. The Hall–Kier alpha value is -2.40. The number of thiazole rings is 1. The number of aromatic nitrogens is 1. The summed E-state index contributed by atoms with van der Waals surface area (Å²) in [6.07, 6.45) is 0. The molecule has 0 saturated carbocycles. The van der Waals surface area contributed by atoms with Crippen LogP contribution in [0.5, 0.6) is 0 Å². The van der Waals surface area contributed by atoms with Gasteiger partial charge in [0, 0.05) is 11.3 Å². The number of hydrogen-bond donors (Lipinski definition) is 2. The van der Waals surface area contributed by atoms with Gasteiger partial charge in [-0.05, 0) is 49.2 Å². The van der Waals surface area contributed by atoms with Crippen molar-refractivity contribution in [1.29, 1.82) is 0 Å². The lowest BCUT2D eigenvalue weighted by molar-refractivity contribution is 0.102. The average Bonchev–Trinajstić information content (AvgIpc) is 2.83. The number of nitrogen functional groups attached to an aromatic ring is 1. The van der Waals surface area contributed by atoms with E-state index < -0.39 is 0 Å². The highest BCUT2D eigenvalue weighted by Crippen LogP contribution is 2.27. The van der Waals surface area contributed by atoms with E-state index in [4.69, 9.17) is 5.73 Å². The van der Waals surface area contributed by atoms with E-state index in [-0.39, 0.29) is 5.91 Å².